The number of carbonyl (C=O) groups is 1. The van der Waals surface area contributed by atoms with Crippen molar-refractivity contribution in [1.82, 2.24) is 4.90 Å². The first-order chi connectivity index (χ1) is 10.7. The number of carbonyl (C=O) groups excluding carboxylic acids is 1. The van der Waals surface area contributed by atoms with E-state index in [-0.39, 0.29) is 5.92 Å². The molecule has 0 radical (unpaired) electrons. The van der Waals surface area contributed by atoms with Gasteiger partial charge in [-0.15, -0.1) is 0 Å². The molecular formula is C19H27NO2. The van der Waals surface area contributed by atoms with Gasteiger partial charge in [-0.25, -0.2) is 0 Å². The molecule has 1 saturated heterocycles. The van der Waals surface area contributed by atoms with Crippen molar-refractivity contribution in [3.63, 3.8) is 0 Å². The summed E-state index contributed by atoms with van der Waals surface area (Å²) >= 11 is 0. The summed E-state index contributed by atoms with van der Waals surface area (Å²) in [6, 6.07) is 9.03. The number of ether oxygens (including phenoxy) is 1. The molecular weight excluding hydrogens is 274 g/mol. The van der Waals surface area contributed by atoms with Crippen LogP contribution in [0.1, 0.15) is 37.8 Å². The van der Waals surface area contributed by atoms with Crippen LogP contribution in [0.2, 0.25) is 0 Å². The van der Waals surface area contributed by atoms with Crippen LogP contribution in [0.5, 0.6) is 0 Å². The maximum Gasteiger partial charge on any atom is 0.228 e. The molecule has 0 N–H and O–H groups in total. The van der Waals surface area contributed by atoms with Gasteiger partial charge in [0.2, 0.25) is 5.91 Å². The Morgan fingerprint density at radius 2 is 2.05 bits per heavy atom. The highest BCUT2D eigenvalue weighted by molar-refractivity contribution is 5.79. The Hall–Kier alpha value is -1.35. The van der Waals surface area contributed by atoms with Crippen molar-refractivity contribution in [3.8, 4) is 0 Å². The van der Waals surface area contributed by atoms with Crippen molar-refractivity contribution in [2.45, 2.75) is 45.6 Å². The summed E-state index contributed by atoms with van der Waals surface area (Å²) in [5, 5.41) is 0. The lowest BCUT2D eigenvalue weighted by Crippen LogP contribution is -2.48. The molecule has 2 atom stereocenters. The SMILES string of the molecule is CC(C)[C@H]1Cc2ccccc2CCCN1C(=O)C1CCOC1. The second-order valence-electron chi connectivity index (χ2n) is 6.98. The number of rotatable bonds is 2. The molecule has 0 aliphatic carbocycles. The first-order valence-electron chi connectivity index (χ1n) is 8.62. The van der Waals surface area contributed by atoms with Crippen LogP contribution < -0.4 is 0 Å². The zero-order valence-electron chi connectivity index (χ0n) is 13.8. The summed E-state index contributed by atoms with van der Waals surface area (Å²) in [5.41, 5.74) is 2.88. The first kappa shape index (κ1) is 15.5. The van der Waals surface area contributed by atoms with Crippen LogP contribution in [0, 0.1) is 11.8 Å². The molecule has 1 unspecified atom stereocenters. The largest absolute Gasteiger partial charge is 0.381 e. The van der Waals surface area contributed by atoms with E-state index < -0.39 is 0 Å². The average molecular weight is 301 g/mol. The van der Waals surface area contributed by atoms with Crippen molar-refractivity contribution in [3.05, 3.63) is 35.4 Å². The van der Waals surface area contributed by atoms with Gasteiger partial charge < -0.3 is 9.64 Å². The second kappa shape index (κ2) is 6.82. The minimum atomic E-state index is 0.0796. The smallest absolute Gasteiger partial charge is 0.228 e. The van der Waals surface area contributed by atoms with Crippen LogP contribution in [0.4, 0.5) is 0 Å². The minimum Gasteiger partial charge on any atom is -0.381 e. The Morgan fingerprint density at radius 3 is 2.73 bits per heavy atom. The van der Waals surface area contributed by atoms with Crippen molar-refractivity contribution in [2.24, 2.45) is 11.8 Å². The van der Waals surface area contributed by atoms with E-state index in [2.05, 4.69) is 43.0 Å². The van der Waals surface area contributed by atoms with E-state index in [0.29, 0.717) is 24.5 Å². The number of benzene rings is 1. The molecule has 2 aliphatic heterocycles. The number of aryl methyl sites for hydroxylation is 1. The molecule has 1 fully saturated rings. The third kappa shape index (κ3) is 3.19. The molecule has 0 saturated carbocycles. The Morgan fingerprint density at radius 1 is 1.27 bits per heavy atom. The van der Waals surface area contributed by atoms with Crippen molar-refractivity contribution >= 4 is 5.91 Å². The van der Waals surface area contributed by atoms with Gasteiger partial charge in [0.1, 0.15) is 0 Å². The number of amides is 1. The normalized spacial score (nSPS) is 25.7. The molecule has 1 aromatic carbocycles. The van der Waals surface area contributed by atoms with E-state index in [4.69, 9.17) is 4.74 Å². The lowest BCUT2D eigenvalue weighted by atomic mass is 9.88. The van der Waals surface area contributed by atoms with Crippen LogP contribution in [0.25, 0.3) is 0 Å². The quantitative estimate of drug-likeness (QED) is 0.840. The Kier molecular flexibility index (Phi) is 4.82. The zero-order valence-corrected chi connectivity index (χ0v) is 13.8. The van der Waals surface area contributed by atoms with E-state index >= 15 is 0 Å². The fraction of sp³-hybridized carbons (Fsp3) is 0.632. The molecule has 2 aliphatic rings. The van der Waals surface area contributed by atoms with Crippen LogP contribution in [-0.2, 0) is 22.4 Å². The molecule has 1 aromatic rings. The molecule has 0 spiro atoms. The van der Waals surface area contributed by atoms with Gasteiger partial charge in [0, 0.05) is 19.2 Å². The molecule has 120 valence electrons. The van der Waals surface area contributed by atoms with Gasteiger partial charge in [-0.1, -0.05) is 38.1 Å². The number of fused-ring (bicyclic) bond motifs is 1. The highest BCUT2D eigenvalue weighted by Crippen LogP contribution is 2.26. The van der Waals surface area contributed by atoms with Crippen LogP contribution in [0.15, 0.2) is 24.3 Å². The maximum absolute atomic E-state index is 12.9. The van der Waals surface area contributed by atoms with Crippen LogP contribution >= 0.6 is 0 Å². The lowest BCUT2D eigenvalue weighted by Gasteiger charge is -2.38. The molecule has 22 heavy (non-hydrogen) atoms. The van der Waals surface area contributed by atoms with Gasteiger partial charge in [-0.05, 0) is 42.7 Å². The Balaban J connectivity index is 1.84. The fourth-order valence-corrected chi connectivity index (χ4v) is 3.77. The highest BCUT2D eigenvalue weighted by Gasteiger charge is 2.34. The standard InChI is InChI=1S/C19H27NO2/c1-14(2)18-12-16-7-4-3-6-15(16)8-5-10-20(18)19(21)17-9-11-22-13-17/h3-4,6-7,14,17-18H,5,8-13H2,1-2H3/t17?,18-/m1/s1. The van der Waals surface area contributed by atoms with E-state index in [1.54, 1.807) is 0 Å². The summed E-state index contributed by atoms with van der Waals surface area (Å²) in [6.07, 6.45) is 4.00. The van der Waals surface area contributed by atoms with Gasteiger partial charge in [0.05, 0.1) is 12.5 Å². The number of hydrogen-bond acceptors (Lipinski definition) is 2. The van der Waals surface area contributed by atoms with E-state index in [9.17, 15) is 4.79 Å². The van der Waals surface area contributed by atoms with Crippen molar-refractivity contribution in [2.75, 3.05) is 19.8 Å². The van der Waals surface area contributed by atoms with Gasteiger partial charge >= 0.3 is 0 Å². The summed E-state index contributed by atoms with van der Waals surface area (Å²) in [6.45, 7) is 6.70. The lowest BCUT2D eigenvalue weighted by molar-refractivity contribution is -0.139. The van der Waals surface area contributed by atoms with Gasteiger partial charge in [0.25, 0.3) is 0 Å². The predicted molar refractivity (Wildman–Crippen MR) is 87.7 cm³/mol. The summed E-state index contributed by atoms with van der Waals surface area (Å²) in [5.74, 6) is 0.865. The number of hydrogen-bond donors (Lipinski definition) is 0. The maximum atomic E-state index is 12.9. The van der Waals surface area contributed by atoms with Crippen LogP contribution in [-0.4, -0.2) is 36.6 Å². The second-order valence-corrected chi connectivity index (χ2v) is 6.98. The zero-order chi connectivity index (χ0) is 15.5. The summed E-state index contributed by atoms with van der Waals surface area (Å²) < 4.78 is 5.43. The molecule has 3 rings (SSSR count). The predicted octanol–water partition coefficient (Wildman–Crippen LogP) is 3.07. The fourth-order valence-electron chi connectivity index (χ4n) is 3.77. The van der Waals surface area contributed by atoms with Gasteiger partial charge in [0.15, 0.2) is 0 Å². The third-order valence-corrected chi connectivity index (χ3v) is 5.12. The average Bonchev–Trinajstić information content (AvgIpc) is 3.01. The molecule has 3 nitrogen and oxygen atoms in total. The van der Waals surface area contributed by atoms with E-state index in [0.717, 1.165) is 38.8 Å². The Labute approximate surface area is 133 Å². The Bertz CT molecular complexity index is 520. The van der Waals surface area contributed by atoms with Crippen molar-refractivity contribution in [1.29, 1.82) is 0 Å². The molecule has 0 bridgehead atoms. The molecule has 2 heterocycles. The first-order valence-corrected chi connectivity index (χ1v) is 8.62. The van der Waals surface area contributed by atoms with Gasteiger partial charge in [-0.2, -0.15) is 0 Å². The topological polar surface area (TPSA) is 29.5 Å². The molecule has 1 amide bonds. The van der Waals surface area contributed by atoms with E-state index in [1.165, 1.54) is 11.1 Å². The molecule has 0 aromatic heterocycles. The summed E-state index contributed by atoms with van der Waals surface area (Å²) in [7, 11) is 0. The molecule has 3 heteroatoms. The minimum absolute atomic E-state index is 0.0796. The van der Waals surface area contributed by atoms with Gasteiger partial charge in [-0.3, -0.25) is 4.79 Å². The van der Waals surface area contributed by atoms with E-state index in [1.807, 2.05) is 0 Å². The third-order valence-electron chi connectivity index (χ3n) is 5.12. The highest BCUT2D eigenvalue weighted by atomic mass is 16.5. The van der Waals surface area contributed by atoms with Crippen LogP contribution in [0.3, 0.4) is 0 Å². The number of nitrogens with zero attached hydrogens (tertiary/aromatic N) is 1. The van der Waals surface area contributed by atoms with Crippen molar-refractivity contribution < 1.29 is 9.53 Å². The monoisotopic (exact) mass is 301 g/mol. The summed E-state index contributed by atoms with van der Waals surface area (Å²) in [4.78, 5) is 15.1.